The van der Waals surface area contributed by atoms with Crippen molar-refractivity contribution in [3.05, 3.63) is 64.5 Å². The number of ether oxygens (including phenoxy) is 3. The number of anilines is 3. The lowest BCUT2D eigenvalue weighted by Gasteiger charge is -2.35. The molecule has 0 radical (unpaired) electrons. The lowest BCUT2D eigenvalue weighted by Crippen LogP contribution is -2.46. The van der Waals surface area contributed by atoms with Crippen LogP contribution >= 0.6 is 0 Å². The Kier molecular flexibility index (Phi) is 6.00. The molecule has 3 heterocycles. The van der Waals surface area contributed by atoms with Crippen LogP contribution in [0.2, 0.25) is 0 Å². The Morgan fingerprint density at radius 2 is 1.88 bits per heavy atom. The fourth-order valence-electron chi connectivity index (χ4n) is 4.15. The number of hydrogen-bond donors (Lipinski definition) is 1. The number of methoxy groups -OCH3 is 1. The molecule has 2 aliphatic heterocycles. The van der Waals surface area contributed by atoms with Crippen molar-refractivity contribution >= 4 is 23.0 Å². The van der Waals surface area contributed by atoms with Crippen LogP contribution in [0.25, 0.3) is 0 Å². The van der Waals surface area contributed by atoms with E-state index in [0.29, 0.717) is 30.3 Å². The molecule has 0 unspecified atom stereocenters. The van der Waals surface area contributed by atoms with Crippen molar-refractivity contribution in [2.24, 2.45) is 0 Å². The Bertz CT molecular complexity index is 1200. The molecule has 1 aromatic heterocycles. The quantitative estimate of drug-likeness (QED) is 0.413. The predicted octanol–water partition coefficient (Wildman–Crippen LogP) is 3.19. The Morgan fingerprint density at radius 3 is 2.68 bits per heavy atom. The second-order valence-corrected chi connectivity index (χ2v) is 7.93. The molecular weight excluding hydrogens is 440 g/mol. The molecule has 11 nitrogen and oxygen atoms in total. The first-order valence-electron chi connectivity index (χ1n) is 10.9. The number of nitrogens with zero attached hydrogens (tertiary/aromatic N) is 5. The molecule has 0 saturated carbocycles. The second kappa shape index (κ2) is 9.40. The number of hydrogen-bond acceptors (Lipinski definition) is 10. The van der Waals surface area contributed by atoms with Gasteiger partial charge in [-0.3, -0.25) is 15.0 Å². The van der Waals surface area contributed by atoms with Crippen molar-refractivity contribution in [2.75, 3.05) is 50.3 Å². The van der Waals surface area contributed by atoms with E-state index in [-0.39, 0.29) is 18.3 Å². The minimum atomic E-state index is -0.438. The van der Waals surface area contributed by atoms with Gasteiger partial charge >= 0.3 is 5.69 Å². The van der Waals surface area contributed by atoms with E-state index >= 15 is 0 Å². The van der Waals surface area contributed by atoms with Gasteiger partial charge in [0.1, 0.15) is 12.1 Å². The van der Waals surface area contributed by atoms with Crippen molar-refractivity contribution in [1.82, 2.24) is 14.9 Å². The number of nitrogens with one attached hydrogen (secondary N) is 1. The molecule has 1 saturated heterocycles. The maximum absolute atomic E-state index is 12.0. The van der Waals surface area contributed by atoms with Gasteiger partial charge < -0.3 is 24.4 Å². The van der Waals surface area contributed by atoms with Crippen LogP contribution in [0, 0.1) is 10.1 Å². The van der Waals surface area contributed by atoms with E-state index in [1.807, 2.05) is 35.2 Å². The van der Waals surface area contributed by atoms with Crippen molar-refractivity contribution < 1.29 is 19.1 Å². The van der Waals surface area contributed by atoms with Crippen LogP contribution in [0.1, 0.15) is 5.56 Å². The Labute approximate surface area is 196 Å². The molecule has 0 atom stereocenters. The highest BCUT2D eigenvalue weighted by molar-refractivity contribution is 5.76. The van der Waals surface area contributed by atoms with E-state index in [1.54, 1.807) is 19.2 Å². The number of para-hydroxylation sites is 2. The molecular formula is C23H24N6O5. The molecule has 176 valence electrons. The van der Waals surface area contributed by atoms with Gasteiger partial charge in [-0.2, -0.15) is 0 Å². The fraction of sp³-hybridized carbons (Fsp3) is 0.304. The Balaban J connectivity index is 1.30. The Morgan fingerprint density at radius 1 is 1.09 bits per heavy atom. The average Bonchev–Trinajstić information content (AvgIpc) is 3.32. The number of rotatable bonds is 7. The molecule has 34 heavy (non-hydrogen) atoms. The van der Waals surface area contributed by atoms with Gasteiger partial charge in [-0.1, -0.05) is 18.2 Å². The number of nitro groups is 1. The zero-order chi connectivity index (χ0) is 23.5. The lowest BCUT2D eigenvalue weighted by molar-refractivity contribution is -0.383. The number of fused-ring (bicyclic) bond motifs is 1. The largest absolute Gasteiger partial charge is 0.495 e. The highest BCUT2D eigenvalue weighted by Gasteiger charge is 2.30. The minimum Gasteiger partial charge on any atom is -0.495 e. The summed E-state index contributed by atoms with van der Waals surface area (Å²) in [5, 5.41) is 15.1. The van der Waals surface area contributed by atoms with Gasteiger partial charge in [0.05, 0.1) is 17.7 Å². The van der Waals surface area contributed by atoms with Gasteiger partial charge in [-0.25, -0.2) is 9.97 Å². The highest BCUT2D eigenvalue weighted by atomic mass is 16.7. The zero-order valence-corrected chi connectivity index (χ0v) is 18.6. The van der Waals surface area contributed by atoms with E-state index in [1.165, 1.54) is 6.33 Å². The normalized spacial score (nSPS) is 15.3. The fourth-order valence-corrected chi connectivity index (χ4v) is 4.15. The molecule has 0 amide bonds. The van der Waals surface area contributed by atoms with Crippen LogP contribution in [-0.2, 0) is 6.54 Å². The van der Waals surface area contributed by atoms with Crippen LogP contribution in [0.3, 0.4) is 0 Å². The summed E-state index contributed by atoms with van der Waals surface area (Å²) in [6.07, 6.45) is 1.35. The number of benzene rings is 2. The van der Waals surface area contributed by atoms with Crippen molar-refractivity contribution in [3.8, 4) is 17.2 Å². The maximum Gasteiger partial charge on any atom is 0.353 e. The monoisotopic (exact) mass is 464 g/mol. The first-order chi connectivity index (χ1) is 16.6. The van der Waals surface area contributed by atoms with Crippen LogP contribution in [0.15, 0.2) is 48.8 Å². The van der Waals surface area contributed by atoms with E-state index in [2.05, 4.69) is 20.2 Å². The summed E-state index contributed by atoms with van der Waals surface area (Å²) in [4.78, 5) is 24.2. The van der Waals surface area contributed by atoms with E-state index in [0.717, 1.165) is 36.7 Å². The standard InChI is InChI=1S/C23H24N6O5/c1-32-18-5-3-2-4-17(18)26-22-21(29(30)31)23(25-14-24-22)28-10-8-27(9-11-28)13-16-6-7-19-20(12-16)34-15-33-19/h2-7,12,14H,8-11,13,15H2,1H3,(H,24,25,26). The van der Waals surface area contributed by atoms with Gasteiger partial charge in [0, 0.05) is 32.7 Å². The van der Waals surface area contributed by atoms with Crippen molar-refractivity contribution in [2.45, 2.75) is 6.54 Å². The molecule has 0 spiro atoms. The third-order valence-corrected chi connectivity index (χ3v) is 5.86. The van der Waals surface area contributed by atoms with Crippen LogP contribution in [0.4, 0.5) is 23.0 Å². The van der Waals surface area contributed by atoms with Crippen LogP contribution in [-0.4, -0.2) is 59.9 Å². The highest BCUT2D eigenvalue weighted by Crippen LogP contribution is 2.36. The van der Waals surface area contributed by atoms with Gasteiger partial charge in [0.25, 0.3) is 0 Å². The summed E-state index contributed by atoms with van der Waals surface area (Å²) in [7, 11) is 1.55. The summed E-state index contributed by atoms with van der Waals surface area (Å²) in [6.45, 7) is 3.71. The molecule has 5 rings (SSSR count). The molecule has 0 aliphatic carbocycles. The summed E-state index contributed by atoms with van der Waals surface area (Å²) in [6, 6.07) is 13.2. The molecule has 2 aromatic carbocycles. The first kappa shape index (κ1) is 21.7. The first-order valence-corrected chi connectivity index (χ1v) is 10.9. The van der Waals surface area contributed by atoms with E-state index in [4.69, 9.17) is 14.2 Å². The average molecular weight is 464 g/mol. The SMILES string of the molecule is COc1ccccc1Nc1ncnc(N2CCN(Cc3ccc4c(c3)OCO4)CC2)c1[N+](=O)[O-]. The van der Waals surface area contributed by atoms with E-state index in [9.17, 15) is 10.1 Å². The molecule has 1 N–H and O–H groups in total. The summed E-state index contributed by atoms with van der Waals surface area (Å²) in [5.41, 5.74) is 1.57. The molecule has 0 bridgehead atoms. The van der Waals surface area contributed by atoms with Crippen LogP contribution < -0.4 is 24.4 Å². The lowest BCUT2D eigenvalue weighted by atomic mass is 10.1. The predicted molar refractivity (Wildman–Crippen MR) is 125 cm³/mol. The van der Waals surface area contributed by atoms with Gasteiger partial charge in [0.2, 0.25) is 18.4 Å². The van der Waals surface area contributed by atoms with Gasteiger partial charge in [-0.05, 0) is 29.8 Å². The Hall–Kier alpha value is -4.12. The third kappa shape index (κ3) is 4.37. The summed E-state index contributed by atoms with van der Waals surface area (Å²) >= 11 is 0. The molecule has 3 aromatic rings. The number of aromatic nitrogens is 2. The van der Waals surface area contributed by atoms with Crippen molar-refractivity contribution in [1.29, 1.82) is 0 Å². The molecule has 2 aliphatic rings. The summed E-state index contributed by atoms with van der Waals surface area (Å²) < 4.78 is 16.2. The zero-order valence-electron chi connectivity index (χ0n) is 18.6. The smallest absolute Gasteiger partial charge is 0.353 e. The molecule has 1 fully saturated rings. The third-order valence-electron chi connectivity index (χ3n) is 5.86. The van der Waals surface area contributed by atoms with E-state index < -0.39 is 4.92 Å². The molecule has 11 heteroatoms. The topological polar surface area (TPSA) is 115 Å². The summed E-state index contributed by atoms with van der Waals surface area (Å²) in [5.74, 6) is 2.53. The second-order valence-electron chi connectivity index (χ2n) is 7.93. The number of piperazine rings is 1. The van der Waals surface area contributed by atoms with Crippen LogP contribution in [0.5, 0.6) is 17.2 Å². The van der Waals surface area contributed by atoms with Crippen molar-refractivity contribution in [3.63, 3.8) is 0 Å². The van der Waals surface area contributed by atoms with Gasteiger partial charge in [-0.15, -0.1) is 0 Å². The van der Waals surface area contributed by atoms with Gasteiger partial charge in [0.15, 0.2) is 11.5 Å². The maximum atomic E-state index is 12.0. The minimum absolute atomic E-state index is 0.127.